The maximum Gasteiger partial charge on any atom is 0.162 e. The molecule has 0 atom stereocenters. The Morgan fingerprint density at radius 2 is 2.17 bits per heavy atom. The molecule has 0 heterocycles. The van der Waals surface area contributed by atoms with Crippen LogP contribution >= 0.6 is 12.6 Å². The van der Waals surface area contributed by atoms with Crippen LogP contribution in [-0.2, 0) is 0 Å². The number of hydrogen-bond acceptors (Lipinski definition) is 2. The lowest BCUT2D eigenvalue weighted by atomic mass is 10.0. The second-order valence-electron chi connectivity index (χ2n) is 2.78. The van der Waals surface area contributed by atoms with Gasteiger partial charge in [0.2, 0.25) is 0 Å². The van der Waals surface area contributed by atoms with Gasteiger partial charge in [-0.1, -0.05) is 13.0 Å². The van der Waals surface area contributed by atoms with Gasteiger partial charge in [0.15, 0.2) is 5.78 Å². The molecule has 0 spiro atoms. The molecule has 0 bridgehead atoms. The molecule has 1 nitrogen and oxygen atoms in total. The van der Waals surface area contributed by atoms with Crippen LogP contribution in [0.2, 0.25) is 0 Å². The topological polar surface area (TPSA) is 17.1 Å². The van der Waals surface area contributed by atoms with Gasteiger partial charge in [0, 0.05) is 16.9 Å². The molecular formula is C10H12OS. The molecule has 0 aromatic heterocycles. The predicted octanol–water partition coefficient (Wildman–Crippen LogP) is 2.88. The van der Waals surface area contributed by atoms with E-state index in [0.717, 1.165) is 16.0 Å². The van der Waals surface area contributed by atoms with Crippen LogP contribution in [0, 0.1) is 6.92 Å². The third kappa shape index (κ3) is 1.89. The van der Waals surface area contributed by atoms with E-state index in [1.807, 2.05) is 32.0 Å². The standard InChI is InChI=1S/C10H12OS/c1-3-10(11)9-5-4-8(12)6-7(9)2/h4-6,12H,3H2,1-2H3. The van der Waals surface area contributed by atoms with Gasteiger partial charge in [-0.3, -0.25) is 4.79 Å². The number of ketones is 1. The Morgan fingerprint density at radius 3 is 2.67 bits per heavy atom. The normalized spacial score (nSPS) is 9.92. The summed E-state index contributed by atoms with van der Waals surface area (Å²) in [6, 6.07) is 5.59. The van der Waals surface area contributed by atoms with Gasteiger partial charge in [0.25, 0.3) is 0 Å². The summed E-state index contributed by atoms with van der Waals surface area (Å²) in [5.74, 6) is 0.195. The highest BCUT2D eigenvalue weighted by Gasteiger charge is 2.05. The fourth-order valence-corrected chi connectivity index (χ4v) is 1.42. The first-order valence-electron chi connectivity index (χ1n) is 3.98. The molecule has 0 radical (unpaired) electrons. The Labute approximate surface area is 78.2 Å². The first kappa shape index (κ1) is 9.33. The van der Waals surface area contributed by atoms with Crippen molar-refractivity contribution in [2.75, 3.05) is 0 Å². The molecule has 1 aromatic rings. The third-order valence-electron chi connectivity index (χ3n) is 1.83. The second kappa shape index (κ2) is 3.76. The predicted molar refractivity (Wildman–Crippen MR) is 53.1 cm³/mol. The number of carbonyl (C=O) groups is 1. The quantitative estimate of drug-likeness (QED) is 0.547. The van der Waals surface area contributed by atoms with E-state index >= 15 is 0 Å². The van der Waals surface area contributed by atoms with Crippen LogP contribution < -0.4 is 0 Å². The van der Waals surface area contributed by atoms with Gasteiger partial charge in [-0.2, -0.15) is 0 Å². The molecule has 0 amide bonds. The molecule has 0 aliphatic heterocycles. The summed E-state index contributed by atoms with van der Waals surface area (Å²) in [4.78, 5) is 12.2. The molecule has 64 valence electrons. The molecule has 0 saturated heterocycles. The van der Waals surface area contributed by atoms with Gasteiger partial charge in [-0.25, -0.2) is 0 Å². The zero-order valence-corrected chi connectivity index (χ0v) is 8.19. The van der Waals surface area contributed by atoms with Crippen molar-refractivity contribution in [1.29, 1.82) is 0 Å². The van der Waals surface area contributed by atoms with Crippen molar-refractivity contribution in [3.8, 4) is 0 Å². The molecule has 12 heavy (non-hydrogen) atoms. The van der Waals surface area contributed by atoms with E-state index in [4.69, 9.17) is 0 Å². The average Bonchev–Trinajstić information content (AvgIpc) is 2.03. The van der Waals surface area contributed by atoms with E-state index in [1.54, 1.807) is 0 Å². The SMILES string of the molecule is CCC(=O)c1ccc(S)cc1C. The summed E-state index contributed by atoms with van der Waals surface area (Å²) in [5, 5.41) is 0. The molecule has 0 N–H and O–H groups in total. The number of hydrogen-bond donors (Lipinski definition) is 1. The van der Waals surface area contributed by atoms with Crippen molar-refractivity contribution in [2.45, 2.75) is 25.2 Å². The summed E-state index contributed by atoms with van der Waals surface area (Å²) < 4.78 is 0. The van der Waals surface area contributed by atoms with E-state index in [0.29, 0.717) is 6.42 Å². The number of rotatable bonds is 2. The molecule has 0 aliphatic carbocycles. The lowest BCUT2D eigenvalue weighted by Crippen LogP contribution is -1.98. The largest absolute Gasteiger partial charge is 0.294 e. The highest BCUT2D eigenvalue weighted by atomic mass is 32.1. The maximum atomic E-state index is 11.3. The highest BCUT2D eigenvalue weighted by Crippen LogP contribution is 2.15. The van der Waals surface area contributed by atoms with Crippen LogP contribution in [0.4, 0.5) is 0 Å². The Hall–Kier alpha value is -0.760. The van der Waals surface area contributed by atoms with E-state index in [9.17, 15) is 4.79 Å². The van der Waals surface area contributed by atoms with E-state index in [-0.39, 0.29) is 5.78 Å². The fourth-order valence-electron chi connectivity index (χ4n) is 1.15. The molecule has 0 aliphatic rings. The average molecular weight is 180 g/mol. The summed E-state index contributed by atoms with van der Waals surface area (Å²) >= 11 is 4.19. The summed E-state index contributed by atoms with van der Waals surface area (Å²) in [5.41, 5.74) is 1.82. The number of Topliss-reactive ketones (excluding diaryl/α,β-unsaturated/α-hetero) is 1. The van der Waals surface area contributed by atoms with Crippen LogP contribution in [0.15, 0.2) is 23.1 Å². The van der Waals surface area contributed by atoms with Crippen molar-refractivity contribution >= 4 is 18.4 Å². The Bertz CT molecular complexity index is 305. The van der Waals surface area contributed by atoms with E-state index in [1.165, 1.54) is 0 Å². The molecule has 0 saturated carbocycles. The van der Waals surface area contributed by atoms with Crippen LogP contribution in [0.5, 0.6) is 0 Å². The Morgan fingerprint density at radius 1 is 1.50 bits per heavy atom. The Kier molecular flexibility index (Phi) is 2.93. The van der Waals surface area contributed by atoms with Gasteiger partial charge in [-0.15, -0.1) is 12.6 Å². The lowest BCUT2D eigenvalue weighted by Gasteiger charge is -2.02. The molecule has 0 fully saturated rings. The molecule has 2 heteroatoms. The van der Waals surface area contributed by atoms with Crippen LogP contribution in [0.1, 0.15) is 29.3 Å². The van der Waals surface area contributed by atoms with Crippen molar-refractivity contribution in [3.05, 3.63) is 29.3 Å². The van der Waals surface area contributed by atoms with E-state index in [2.05, 4.69) is 12.6 Å². The monoisotopic (exact) mass is 180 g/mol. The maximum absolute atomic E-state index is 11.3. The molecule has 1 aromatic carbocycles. The number of aryl methyl sites for hydroxylation is 1. The van der Waals surface area contributed by atoms with Crippen molar-refractivity contribution in [3.63, 3.8) is 0 Å². The smallest absolute Gasteiger partial charge is 0.162 e. The zero-order valence-electron chi connectivity index (χ0n) is 7.29. The van der Waals surface area contributed by atoms with Crippen molar-refractivity contribution in [2.24, 2.45) is 0 Å². The molecule has 0 unspecified atom stereocenters. The first-order valence-corrected chi connectivity index (χ1v) is 4.42. The van der Waals surface area contributed by atoms with Gasteiger partial charge in [-0.05, 0) is 24.6 Å². The van der Waals surface area contributed by atoms with Crippen molar-refractivity contribution in [1.82, 2.24) is 0 Å². The number of thiol groups is 1. The van der Waals surface area contributed by atoms with Gasteiger partial charge in [0.05, 0.1) is 0 Å². The van der Waals surface area contributed by atoms with Crippen LogP contribution in [-0.4, -0.2) is 5.78 Å². The van der Waals surface area contributed by atoms with Crippen molar-refractivity contribution < 1.29 is 4.79 Å². The number of carbonyl (C=O) groups excluding carboxylic acids is 1. The van der Waals surface area contributed by atoms with Gasteiger partial charge < -0.3 is 0 Å². The molecular weight excluding hydrogens is 168 g/mol. The van der Waals surface area contributed by atoms with Crippen LogP contribution in [0.3, 0.4) is 0 Å². The minimum absolute atomic E-state index is 0.195. The minimum Gasteiger partial charge on any atom is -0.294 e. The van der Waals surface area contributed by atoms with Crippen LogP contribution in [0.25, 0.3) is 0 Å². The third-order valence-corrected chi connectivity index (χ3v) is 2.11. The highest BCUT2D eigenvalue weighted by molar-refractivity contribution is 7.80. The second-order valence-corrected chi connectivity index (χ2v) is 3.29. The zero-order chi connectivity index (χ0) is 9.14. The Balaban J connectivity index is 3.09. The first-order chi connectivity index (χ1) is 5.65. The summed E-state index contributed by atoms with van der Waals surface area (Å²) in [6.45, 7) is 3.80. The van der Waals surface area contributed by atoms with Gasteiger partial charge >= 0.3 is 0 Å². The number of benzene rings is 1. The fraction of sp³-hybridized carbons (Fsp3) is 0.300. The lowest BCUT2D eigenvalue weighted by molar-refractivity contribution is 0.0987. The summed E-state index contributed by atoms with van der Waals surface area (Å²) in [6.07, 6.45) is 0.562. The summed E-state index contributed by atoms with van der Waals surface area (Å²) in [7, 11) is 0. The van der Waals surface area contributed by atoms with E-state index < -0.39 is 0 Å². The molecule has 1 rings (SSSR count). The minimum atomic E-state index is 0.195. The van der Waals surface area contributed by atoms with Gasteiger partial charge in [0.1, 0.15) is 0 Å².